The molecule has 2 aromatic rings. The molecule has 4 N–H and O–H groups in total. The van der Waals surface area contributed by atoms with Gasteiger partial charge in [-0.3, -0.25) is 4.79 Å². The van der Waals surface area contributed by atoms with Gasteiger partial charge in [-0.05, 0) is 45.9 Å². The maximum absolute atomic E-state index is 13.1. The molecule has 1 aliphatic rings. The predicted molar refractivity (Wildman–Crippen MR) is 132 cm³/mol. The number of nitrogens with one attached hydrogen (secondary N) is 1. The zero-order valence-corrected chi connectivity index (χ0v) is 20.4. The summed E-state index contributed by atoms with van der Waals surface area (Å²) in [5, 5.41) is 12.7. The molecule has 182 valence electrons. The van der Waals surface area contributed by atoms with Crippen LogP contribution in [0.3, 0.4) is 0 Å². The summed E-state index contributed by atoms with van der Waals surface area (Å²) in [6.45, 7) is 8.69. The molecule has 0 saturated carbocycles. The average Bonchev–Trinajstić information content (AvgIpc) is 3.17. The Bertz CT molecular complexity index is 1110. The van der Waals surface area contributed by atoms with E-state index in [9.17, 15) is 14.4 Å². The minimum atomic E-state index is -1.11. The van der Waals surface area contributed by atoms with Crippen LogP contribution in [-0.2, 0) is 9.53 Å². The Morgan fingerprint density at radius 2 is 1.97 bits per heavy atom. The summed E-state index contributed by atoms with van der Waals surface area (Å²) in [4.78, 5) is 44.7. The number of nitrogens with two attached hydrogens (primary N) is 1. The topological polar surface area (TPSA) is 138 Å². The smallest absolute Gasteiger partial charge is 0.410 e. The third-order valence-corrected chi connectivity index (χ3v) is 6.04. The number of carbonyl (C=O) groups is 3. The molecule has 1 saturated heterocycles. The number of nitrogen functional groups attached to an aromatic ring is 1. The largest absolute Gasteiger partial charge is 0.478 e. The van der Waals surface area contributed by atoms with Gasteiger partial charge in [-0.2, -0.15) is 0 Å². The van der Waals surface area contributed by atoms with Gasteiger partial charge >= 0.3 is 12.1 Å². The number of para-hydroxylation sites is 2. The molecule has 11 heteroatoms. The first-order valence-corrected chi connectivity index (χ1v) is 11.6. The average molecular weight is 488 g/mol. The monoisotopic (exact) mass is 487 g/mol. The van der Waals surface area contributed by atoms with Gasteiger partial charge in [0.25, 0.3) is 5.91 Å². The molecule has 0 aliphatic carbocycles. The highest BCUT2D eigenvalue weighted by molar-refractivity contribution is 7.17. The zero-order chi connectivity index (χ0) is 25.0. The fourth-order valence-corrected chi connectivity index (χ4v) is 4.43. The molecule has 0 unspecified atom stereocenters. The summed E-state index contributed by atoms with van der Waals surface area (Å²) in [5.41, 5.74) is 6.39. The van der Waals surface area contributed by atoms with Crippen LogP contribution in [0.5, 0.6) is 0 Å². The zero-order valence-electron chi connectivity index (χ0n) is 19.6. The quantitative estimate of drug-likeness (QED) is 0.430. The molecular weight excluding hydrogens is 458 g/mol. The van der Waals surface area contributed by atoms with E-state index in [4.69, 9.17) is 15.6 Å². The number of piperazine rings is 1. The van der Waals surface area contributed by atoms with E-state index in [0.29, 0.717) is 41.0 Å². The van der Waals surface area contributed by atoms with Crippen LogP contribution in [0.15, 0.2) is 30.3 Å². The maximum atomic E-state index is 13.1. The minimum absolute atomic E-state index is 0.163. The third kappa shape index (κ3) is 6.25. The van der Waals surface area contributed by atoms with Gasteiger partial charge < -0.3 is 30.7 Å². The molecular formula is C23H29N5O5S. The number of carboxylic acid groups (broad SMARTS) is 1. The van der Waals surface area contributed by atoms with Crippen LogP contribution in [0, 0.1) is 0 Å². The number of nitrogens with zero attached hydrogens (tertiary/aromatic N) is 3. The molecule has 1 aliphatic heterocycles. The van der Waals surface area contributed by atoms with Crippen LogP contribution in [0.1, 0.15) is 43.2 Å². The Morgan fingerprint density at radius 3 is 2.59 bits per heavy atom. The second-order valence-electron chi connectivity index (χ2n) is 8.89. The van der Waals surface area contributed by atoms with Crippen molar-refractivity contribution in [2.45, 2.75) is 39.3 Å². The van der Waals surface area contributed by atoms with E-state index in [0.717, 1.165) is 6.08 Å². The lowest BCUT2D eigenvalue weighted by molar-refractivity contribution is -0.131. The van der Waals surface area contributed by atoms with Gasteiger partial charge in [-0.25, -0.2) is 14.6 Å². The van der Waals surface area contributed by atoms with Crippen LogP contribution >= 0.6 is 11.3 Å². The van der Waals surface area contributed by atoms with Gasteiger partial charge in [0.15, 0.2) is 5.69 Å². The third-order valence-electron chi connectivity index (χ3n) is 4.96. The van der Waals surface area contributed by atoms with Crippen LogP contribution < -0.4 is 16.0 Å². The Balaban J connectivity index is 1.85. The first-order chi connectivity index (χ1) is 15.9. The number of thiazole rings is 1. The van der Waals surface area contributed by atoms with Gasteiger partial charge in [-0.15, -0.1) is 0 Å². The van der Waals surface area contributed by atoms with Crippen molar-refractivity contribution in [1.82, 2.24) is 9.88 Å². The van der Waals surface area contributed by atoms with E-state index in [1.165, 1.54) is 17.4 Å². The molecule has 34 heavy (non-hydrogen) atoms. The minimum Gasteiger partial charge on any atom is -0.478 e. The number of aliphatic carboxylic acids is 1. The number of rotatable bonds is 5. The number of hydrogen-bond donors (Lipinski definition) is 3. The van der Waals surface area contributed by atoms with Crippen molar-refractivity contribution in [1.29, 1.82) is 0 Å². The standard InChI is InChI=1S/C23H29N5O5S/c1-14-13-27(11-12-28(14)22(32)33-23(2,3)4)21-19(26-17(34-21)9-10-18(29)30)20(31)25-16-8-6-5-7-15(16)24/h5-10,14H,11-13,24H2,1-4H3,(H,25,31)(H,29,30)/t14-/m1/s1. The normalized spacial score (nSPS) is 16.5. The van der Waals surface area contributed by atoms with E-state index in [-0.39, 0.29) is 17.8 Å². The van der Waals surface area contributed by atoms with E-state index < -0.39 is 17.5 Å². The van der Waals surface area contributed by atoms with Crippen molar-refractivity contribution in [3.05, 3.63) is 41.0 Å². The summed E-state index contributed by atoms with van der Waals surface area (Å²) in [6, 6.07) is 6.71. The van der Waals surface area contributed by atoms with Crippen LogP contribution in [0.25, 0.3) is 6.08 Å². The maximum Gasteiger partial charge on any atom is 0.410 e. The van der Waals surface area contributed by atoms with Gasteiger partial charge in [0.2, 0.25) is 0 Å². The fourth-order valence-electron chi connectivity index (χ4n) is 3.43. The lowest BCUT2D eigenvalue weighted by Gasteiger charge is -2.40. The molecule has 1 aromatic carbocycles. The first-order valence-electron chi connectivity index (χ1n) is 10.8. The number of anilines is 3. The van der Waals surface area contributed by atoms with Crippen LogP contribution in [0.2, 0.25) is 0 Å². The van der Waals surface area contributed by atoms with Crippen molar-refractivity contribution < 1.29 is 24.2 Å². The first kappa shape index (κ1) is 25.0. The van der Waals surface area contributed by atoms with Gasteiger partial charge in [0, 0.05) is 31.8 Å². The number of aromatic nitrogens is 1. The van der Waals surface area contributed by atoms with E-state index >= 15 is 0 Å². The second kappa shape index (κ2) is 10.1. The van der Waals surface area contributed by atoms with E-state index in [2.05, 4.69) is 10.3 Å². The van der Waals surface area contributed by atoms with Crippen molar-refractivity contribution >= 4 is 51.8 Å². The van der Waals surface area contributed by atoms with Crippen molar-refractivity contribution in [2.24, 2.45) is 0 Å². The Morgan fingerprint density at radius 1 is 1.26 bits per heavy atom. The number of amides is 2. The lowest BCUT2D eigenvalue weighted by Crippen LogP contribution is -2.55. The van der Waals surface area contributed by atoms with Crippen LogP contribution in [-0.4, -0.2) is 64.2 Å². The Hall–Kier alpha value is -3.60. The van der Waals surface area contributed by atoms with Gasteiger partial charge in [0.1, 0.15) is 15.6 Å². The number of benzene rings is 1. The Kier molecular flexibility index (Phi) is 7.45. The molecule has 2 amide bonds. The van der Waals surface area contributed by atoms with Crippen molar-refractivity contribution in [2.75, 3.05) is 35.6 Å². The summed E-state index contributed by atoms with van der Waals surface area (Å²) in [5.74, 6) is -1.57. The summed E-state index contributed by atoms with van der Waals surface area (Å²) >= 11 is 1.21. The number of ether oxygens (including phenoxy) is 1. The molecule has 0 bridgehead atoms. The summed E-state index contributed by atoms with van der Waals surface area (Å²) in [7, 11) is 0. The molecule has 0 radical (unpaired) electrons. The molecule has 3 rings (SSSR count). The summed E-state index contributed by atoms with van der Waals surface area (Å²) < 4.78 is 5.50. The molecule has 10 nitrogen and oxygen atoms in total. The summed E-state index contributed by atoms with van der Waals surface area (Å²) in [6.07, 6.45) is 1.94. The number of hydrogen-bond acceptors (Lipinski definition) is 8. The highest BCUT2D eigenvalue weighted by Gasteiger charge is 2.33. The number of carbonyl (C=O) groups excluding carboxylic acids is 2. The molecule has 0 spiro atoms. The predicted octanol–water partition coefficient (Wildman–Crippen LogP) is 3.52. The van der Waals surface area contributed by atoms with E-state index in [1.807, 2.05) is 32.6 Å². The van der Waals surface area contributed by atoms with Crippen LogP contribution in [0.4, 0.5) is 21.2 Å². The Labute approximate surface area is 202 Å². The molecule has 2 heterocycles. The van der Waals surface area contributed by atoms with Crippen molar-refractivity contribution in [3.8, 4) is 0 Å². The van der Waals surface area contributed by atoms with Gasteiger partial charge in [0.05, 0.1) is 11.4 Å². The fraction of sp³-hybridized carbons (Fsp3) is 0.391. The molecule has 1 aromatic heterocycles. The highest BCUT2D eigenvalue weighted by Crippen LogP contribution is 2.33. The SMILES string of the molecule is C[C@@H]1CN(c2sc(C=CC(=O)O)nc2C(=O)Nc2ccccc2N)CCN1C(=O)OC(C)(C)C. The van der Waals surface area contributed by atoms with Gasteiger partial charge in [-0.1, -0.05) is 23.5 Å². The molecule has 1 atom stereocenters. The van der Waals surface area contributed by atoms with E-state index in [1.54, 1.807) is 29.2 Å². The molecule has 1 fully saturated rings. The highest BCUT2D eigenvalue weighted by atomic mass is 32.1. The van der Waals surface area contributed by atoms with Crippen molar-refractivity contribution in [3.63, 3.8) is 0 Å². The lowest BCUT2D eigenvalue weighted by atomic mass is 10.2. The number of carboxylic acids is 1. The second-order valence-corrected chi connectivity index (χ2v) is 9.90.